The Hall–Kier alpha value is -2.07. The zero-order valence-corrected chi connectivity index (χ0v) is 10.4. The maximum absolute atomic E-state index is 11.9. The van der Waals surface area contributed by atoms with Crippen LogP contribution in [0.25, 0.3) is 0 Å². The Morgan fingerprint density at radius 3 is 2.78 bits per heavy atom. The third kappa shape index (κ3) is 2.78. The summed E-state index contributed by atoms with van der Waals surface area (Å²) in [5, 5.41) is 12.7. The maximum Gasteiger partial charge on any atom is 0.259 e. The van der Waals surface area contributed by atoms with Crippen LogP contribution in [0.1, 0.15) is 15.9 Å². The van der Waals surface area contributed by atoms with Gasteiger partial charge < -0.3 is 10.4 Å². The second kappa shape index (κ2) is 5.06. The van der Waals surface area contributed by atoms with Gasteiger partial charge >= 0.3 is 0 Å². The average Bonchev–Trinajstić information content (AvgIpc) is 2.28. The van der Waals surface area contributed by atoms with Crippen LogP contribution in [0.3, 0.4) is 0 Å². The van der Waals surface area contributed by atoms with Gasteiger partial charge in [-0.25, -0.2) is 0 Å². The number of nitrogens with one attached hydrogen (secondary N) is 1. The summed E-state index contributed by atoms with van der Waals surface area (Å²) in [6.45, 7) is 1.88. The largest absolute Gasteiger partial charge is 0.507 e. The standard InChI is InChI=1S/C13H11ClN2O2/c1-8-4-10(7-15-6-8)16-13(18)11-3-2-9(14)5-12(11)17/h2-7,17H,1H3,(H,16,18). The number of anilines is 1. The Bertz CT molecular complexity index is 599. The Morgan fingerprint density at radius 1 is 1.33 bits per heavy atom. The molecule has 0 saturated carbocycles. The molecule has 2 N–H and O–H groups in total. The first-order chi connectivity index (χ1) is 8.56. The third-order valence-electron chi connectivity index (χ3n) is 2.34. The summed E-state index contributed by atoms with van der Waals surface area (Å²) in [7, 11) is 0. The molecule has 0 atom stereocenters. The van der Waals surface area contributed by atoms with E-state index in [0.29, 0.717) is 10.7 Å². The summed E-state index contributed by atoms with van der Waals surface area (Å²) in [4.78, 5) is 15.9. The van der Waals surface area contributed by atoms with Gasteiger partial charge in [0, 0.05) is 11.2 Å². The number of aryl methyl sites for hydroxylation is 1. The Balaban J connectivity index is 2.22. The van der Waals surface area contributed by atoms with Gasteiger partial charge in [-0.1, -0.05) is 11.6 Å². The second-order valence-electron chi connectivity index (χ2n) is 3.87. The van der Waals surface area contributed by atoms with Crippen LogP contribution >= 0.6 is 11.6 Å². The molecule has 0 spiro atoms. The highest BCUT2D eigenvalue weighted by Gasteiger charge is 2.11. The number of nitrogens with zero attached hydrogens (tertiary/aromatic N) is 1. The van der Waals surface area contributed by atoms with Crippen molar-refractivity contribution in [2.24, 2.45) is 0 Å². The first-order valence-corrected chi connectivity index (χ1v) is 5.65. The fourth-order valence-corrected chi connectivity index (χ4v) is 1.68. The van der Waals surface area contributed by atoms with Gasteiger partial charge in [-0.05, 0) is 36.8 Å². The van der Waals surface area contributed by atoms with E-state index in [-0.39, 0.29) is 11.3 Å². The first-order valence-electron chi connectivity index (χ1n) is 5.28. The van der Waals surface area contributed by atoms with Crippen molar-refractivity contribution in [2.45, 2.75) is 6.92 Å². The molecule has 0 unspecified atom stereocenters. The smallest absolute Gasteiger partial charge is 0.259 e. The molecule has 0 bridgehead atoms. The number of aromatic nitrogens is 1. The fraction of sp³-hybridized carbons (Fsp3) is 0.0769. The van der Waals surface area contributed by atoms with Crippen molar-refractivity contribution < 1.29 is 9.90 Å². The Kier molecular flexibility index (Phi) is 3.48. The van der Waals surface area contributed by atoms with Crippen LogP contribution in [0.5, 0.6) is 5.75 Å². The van der Waals surface area contributed by atoms with Gasteiger partial charge in [0.05, 0.1) is 17.4 Å². The van der Waals surface area contributed by atoms with E-state index in [1.807, 2.05) is 6.92 Å². The van der Waals surface area contributed by atoms with Gasteiger partial charge in [-0.15, -0.1) is 0 Å². The molecule has 4 nitrogen and oxygen atoms in total. The summed E-state index contributed by atoms with van der Waals surface area (Å²) in [5.74, 6) is -0.558. The first kappa shape index (κ1) is 12.4. The van der Waals surface area contributed by atoms with Crippen LogP contribution in [0, 0.1) is 6.92 Å². The molecule has 2 aromatic rings. The average molecular weight is 263 g/mol. The van der Waals surface area contributed by atoms with Crippen LogP contribution in [0.2, 0.25) is 5.02 Å². The van der Waals surface area contributed by atoms with E-state index >= 15 is 0 Å². The van der Waals surface area contributed by atoms with Gasteiger partial charge in [0.15, 0.2) is 0 Å². The highest BCUT2D eigenvalue weighted by atomic mass is 35.5. The number of hydrogen-bond donors (Lipinski definition) is 2. The minimum Gasteiger partial charge on any atom is -0.507 e. The zero-order valence-electron chi connectivity index (χ0n) is 9.64. The molecule has 0 radical (unpaired) electrons. The molecule has 0 aliphatic carbocycles. The number of amides is 1. The summed E-state index contributed by atoms with van der Waals surface area (Å²) < 4.78 is 0. The van der Waals surface area contributed by atoms with E-state index < -0.39 is 5.91 Å². The monoisotopic (exact) mass is 262 g/mol. The molecule has 1 heterocycles. The molecule has 5 heteroatoms. The summed E-state index contributed by atoms with van der Waals surface area (Å²) in [6.07, 6.45) is 3.23. The minimum absolute atomic E-state index is 0.152. The van der Waals surface area contributed by atoms with Crippen molar-refractivity contribution in [3.63, 3.8) is 0 Å². The number of carbonyl (C=O) groups excluding carboxylic acids is 1. The van der Waals surface area contributed by atoms with Gasteiger partial charge in [-0.3, -0.25) is 9.78 Å². The Morgan fingerprint density at radius 2 is 2.11 bits per heavy atom. The minimum atomic E-state index is -0.406. The fourth-order valence-electron chi connectivity index (χ4n) is 1.52. The van der Waals surface area contributed by atoms with Crippen molar-refractivity contribution >= 4 is 23.2 Å². The molecular weight excluding hydrogens is 252 g/mol. The van der Waals surface area contributed by atoms with Crippen LogP contribution in [0.4, 0.5) is 5.69 Å². The van der Waals surface area contributed by atoms with Gasteiger partial charge in [-0.2, -0.15) is 0 Å². The lowest BCUT2D eigenvalue weighted by Crippen LogP contribution is -2.12. The van der Waals surface area contributed by atoms with Crippen molar-refractivity contribution in [2.75, 3.05) is 5.32 Å². The summed E-state index contributed by atoms with van der Waals surface area (Å²) in [6, 6.07) is 6.13. The van der Waals surface area contributed by atoms with E-state index in [0.717, 1.165) is 5.56 Å². The van der Waals surface area contributed by atoms with E-state index in [1.165, 1.54) is 18.3 Å². The molecule has 18 heavy (non-hydrogen) atoms. The van der Waals surface area contributed by atoms with E-state index in [9.17, 15) is 9.90 Å². The van der Waals surface area contributed by atoms with E-state index in [4.69, 9.17) is 11.6 Å². The van der Waals surface area contributed by atoms with Crippen molar-refractivity contribution in [3.8, 4) is 5.75 Å². The third-order valence-corrected chi connectivity index (χ3v) is 2.57. The van der Waals surface area contributed by atoms with Crippen LogP contribution in [-0.2, 0) is 0 Å². The number of phenolic OH excluding ortho intramolecular Hbond substituents is 1. The highest BCUT2D eigenvalue weighted by Crippen LogP contribution is 2.22. The van der Waals surface area contributed by atoms with Gasteiger partial charge in [0.2, 0.25) is 0 Å². The number of phenols is 1. The number of halogens is 1. The predicted molar refractivity (Wildman–Crippen MR) is 70.0 cm³/mol. The molecule has 2 rings (SSSR count). The maximum atomic E-state index is 11.9. The van der Waals surface area contributed by atoms with Crippen molar-refractivity contribution in [1.29, 1.82) is 0 Å². The lowest BCUT2D eigenvalue weighted by Gasteiger charge is -2.07. The Labute approximate surface area is 109 Å². The number of pyridine rings is 1. The zero-order chi connectivity index (χ0) is 13.1. The molecule has 0 aliphatic rings. The lowest BCUT2D eigenvalue weighted by atomic mass is 10.2. The van der Waals surface area contributed by atoms with E-state index in [1.54, 1.807) is 18.3 Å². The van der Waals surface area contributed by atoms with Crippen molar-refractivity contribution in [3.05, 3.63) is 52.8 Å². The summed E-state index contributed by atoms with van der Waals surface area (Å²) in [5.41, 5.74) is 1.68. The van der Waals surface area contributed by atoms with Crippen LogP contribution < -0.4 is 5.32 Å². The molecule has 0 saturated heterocycles. The predicted octanol–water partition coefficient (Wildman–Crippen LogP) is 3.00. The normalized spacial score (nSPS) is 10.1. The number of hydrogen-bond acceptors (Lipinski definition) is 3. The molecule has 0 aliphatic heterocycles. The highest BCUT2D eigenvalue weighted by molar-refractivity contribution is 6.30. The van der Waals surface area contributed by atoms with Gasteiger partial charge in [0.25, 0.3) is 5.91 Å². The van der Waals surface area contributed by atoms with E-state index in [2.05, 4.69) is 10.3 Å². The van der Waals surface area contributed by atoms with Crippen molar-refractivity contribution in [1.82, 2.24) is 4.98 Å². The number of carbonyl (C=O) groups is 1. The molecule has 1 aromatic heterocycles. The molecule has 0 fully saturated rings. The topological polar surface area (TPSA) is 62.2 Å². The van der Waals surface area contributed by atoms with Gasteiger partial charge in [0.1, 0.15) is 5.75 Å². The van der Waals surface area contributed by atoms with Crippen LogP contribution in [0.15, 0.2) is 36.7 Å². The number of benzene rings is 1. The molecule has 1 aromatic carbocycles. The quantitative estimate of drug-likeness (QED) is 0.875. The molecular formula is C13H11ClN2O2. The lowest BCUT2D eigenvalue weighted by molar-refractivity contribution is 0.102. The molecule has 92 valence electrons. The van der Waals surface area contributed by atoms with Crippen LogP contribution in [-0.4, -0.2) is 16.0 Å². The summed E-state index contributed by atoms with van der Waals surface area (Å²) >= 11 is 5.70. The number of rotatable bonds is 2. The molecule has 1 amide bonds. The SMILES string of the molecule is Cc1cncc(NC(=O)c2ccc(Cl)cc2O)c1. The number of aromatic hydroxyl groups is 1. The second-order valence-corrected chi connectivity index (χ2v) is 4.30.